The van der Waals surface area contributed by atoms with E-state index in [1.165, 1.54) is 11.0 Å². The maximum Gasteiger partial charge on any atom is 0.408 e. The van der Waals surface area contributed by atoms with Crippen molar-refractivity contribution in [2.75, 3.05) is 51.2 Å². The van der Waals surface area contributed by atoms with Crippen LogP contribution in [0.25, 0.3) is 0 Å². The van der Waals surface area contributed by atoms with Crippen molar-refractivity contribution in [1.82, 2.24) is 36.8 Å². The molecule has 7 N–H and O–H groups in total. The number of alkyl carbamates (subject to hydrolysis) is 2. The number of nitrogens with zero attached hydrogens (tertiary/aromatic N) is 1. The highest BCUT2D eigenvalue weighted by Gasteiger charge is 2.38. The summed E-state index contributed by atoms with van der Waals surface area (Å²) < 4.78 is 21.3. The van der Waals surface area contributed by atoms with Crippen molar-refractivity contribution in [3.8, 4) is 5.75 Å². The molecule has 0 saturated carbocycles. The van der Waals surface area contributed by atoms with Gasteiger partial charge in [-0.1, -0.05) is 54.6 Å². The smallest absolute Gasteiger partial charge is 0.408 e. The Bertz CT molecular complexity index is 2240. The molecule has 1 aliphatic heterocycles. The van der Waals surface area contributed by atoms with Crippen LogP contribution in [0.1, 0.15) is 81.3 Å². The number of rotatable bonds is 24. The van der Waals surface area contributed by atoms with Crippen LogP contribution in [0, 0.1) is 0 Å². The van der Waals surface area contributed by atoms with Gasteiger partial charge in [0.05, 0.1) is 26.2 Å². The first-order valence-corrected chi connectivity index (χ1v) is 22.6. The first kappa shape index (κ1) is 53.9. The van der Waals surface area contributed by atoms with E-state index in [1.54, 1.807) is 88.4 Å². The number of hydrogen-bond donors (Lipinski definition) is 7. The summed E-state index contributed by atoms with van der Waals surface area (Å²) in [6.45, 7) is 5.52. The molecule has 0 aromatic heterocycles. The Morgan fingerprint density at radius 3 is 2.00 bits per heavy atom. The first-order valence-electron chi connectivity index (χ1n) is 22.6. The highest BCUT2D eigenvalue weighted by atomic mass is 16.6. The molecule has 21 nitrogen and oxygen atoms in total. The number of nitrogens with one attached hydrogen (secondary N) is 7. The number of ether oxygens (including phenoxy) is 4. The Balaban J connectivity index is 1.40. The summed E-state index contributed by atoms with van der Waals surface area (Å²) in [6.07, 6.45) is 0.462. The summed E-state index contributed by atoms with van der Waals surface area (Å²) in [5.41, 5.74) is 0.741. The molecule has 0 radical (unpaired) electrons. The molecule has 0 spiro atoms. The Kier molecular flexibility index (Phi) is 21.7. The van der Waals surface area contributed by atoms with Gasteiger partial charge in [0, 0.05) is 29.9 Å². The highest BCUT2D eigenvalue weighted by molar-refractivity contribution is 6.02. The number of esters is 1. The van der Waals surface area contributed by atoms with Gasteiger partial charge < -0.3 is 61.1 Å². The molecule has 1 heterocycles. The van der Waals surface area contributed by atoms with Gasteiger partial charge in [-0.2, -0.15) is 0 Å². The third kappa shape index (κ3) is 20.0. The van der Waals surface area contributed by atoms with Crippen LogP contribution in [0.15, 0.2) is 78.9 Å². The van der Waals surface area contributed by atoms with E-state index in [4.69, 9.17) is 18.9 Å². The normalized spacial score (nSPS) is 13.4. The van der Waals surface area contributed by atoms with Gasteiger partial charge >= 0.3 is 18.2 Å². The van der Waals surface area contributed by atoms with E-state index in [9.17, 15) is 43.2 Å². The van der Waals surface area contributed by atoms with Crippen molar-refractivity contribution in [2.45, 2.75) is 90.7 Å². The van der Waals surface area contributed by atoms with Gasteiger partial charge in [0.25, 0.3) is 5.91 Å². The minimum Gasteiger partial charge on any atom is -0.489 e. The number of unbranched alkanes of at least 4 members (excludes halogenated alkanes) is 1. The maximum atomic E-state index is 14.2. The van der Waals surface area contributed by atoms with Crippen LogP contribution in [-0.2, 0) is 56.2 Å². The summed E-state index contributed by atoms with van der Waals surface area (Å²) in [5.74, 6) is -3.93. The molecule has 3 aromatic rings. The topological polar surface area (TPSA) is 278 Å². The lowest BCUT2D eigenvalue weighted by Crippen LogP contribution is -2.52. The predicted molar refractivity (Wildman–Crippen MR) is 250 cm³/mol. The lowest BCUT2D eigenvalue weighted by Gasteiger charge is -2.28. The zero-order valence-electron chi connectivity index (χ0n) is 39.3. The van der Waals surface area contributed by atoms with Crippen LogP contribution in [0.3, 0.4) is 0 Å². The second kappa shape index (κ2) is 27.8. The van der Waals surface area contributed by atoms with Gasteiger partial charge in [0.15, 0.2) is 0 Å². The summed E-state index contributed by atoms with van der Waals surface area (Å²) in [4.78, 5) is 117. The SMILES string of the molecule is CCOC(=O)CNC(=O)CNC(=O)CNC(=O)CNC(=O)c1cc(NC(=O)[C@@H]2CCCN2C(=O)[C@H](CCCCNC(=O)OC(C)(C)C)NC(=O)OCc2ccccc2)ccc1COc1ccccc1. The van der Waals surface area contributed by atoms with Crippen LogP contribution in [0.5, 0.6) is 5.75 Å². The summed E-state index contributed by atoms with van der Waals surface area (Å²) in [7, 11) is 0. The lowest BCUT2D eigenvalue weighted by atomic mass is 10.1. The van der Waals surface area contributed by atoms with Crippen molar-refractivity contribution < 1.29 is 62.1 Å². The summed E-state index contributed by atoms with van der Waals surface area (Å²) >= 11 is 0. The number of para-hydroxylation sites is 1. The number of carbonyl (C=O) groups is 9. The van der Waals surface area contributed by atoms with E-state index in [0.29, 0.717) is 37.0 Å². The quantitative estimate of drug-likeness (QED) is 0.0387. The van der Waals surface area contributed by atoms with Crippen LogP contribution < -0.4 is 42.0 Å². The zero-order chi connectivity index (χ0) is 50.2. The summed E-state index contributed by atoms with van der Waals surface area (Å²) in [6, 6.07) is 20.4. The highest BCUT2D eigenvalue weighted by Crippen LogP contribution is 2.24. The third-order valence-corrected chi connectivity index (χ3v) is 10.0. The van der Waals surface area contributed by atoms with Gasteiger partial charge in [0.2, 0.25) is 29.5 Å². The number of likely N-dealkylation sites (tertiary alicyclic amines) is 1. The molecule has 4 rings (SSSR count). The Hall–Kier alpha value is -7.71. The Morgan fingerprint density at radius 1 is 0.710 bits per heavy atom. The molecule has 0 aliphatic carbocycles. The second-order valence-corrected chi connectivity index (χ2v) is 16.7. The van der Waals surface area contributed by atoms with Gasteiger partial charge in [-0.15, -0.1) is 0 Å². The average Bonchev–Trinajstić information content (AvgIpc) is 3.83. The second-order valence-electron chi connectivity index (χ2n) is 16.7. The monoisotopic (exact) mass is 958 g/mol. The fraction of sp³-hybridized carbons (Fsp3) is 0.438. The largest absolute Gasteiger partial charge is 0.489 e. The molecular formula is C48H62N8O13. The number of amides is 8. The first-order chi connectivity index (χ1) is 33.0. The van der Waals surface area contributed by atoms with Crippen LogP contribution >= 0.6 is 0 Å². The van der Waals surface area contributed by atoms with E-state index in [2.05, 4.69) is 37.2 Å². The maximum absolute atomic E-state index is 14.2. The van der Waals surface area contributed by atoms with E-state index in [-0.39, 0.29) is 57.1 Å². The molecular weight excluding hydrogens is 897 g/mol. The number of hydrogen-bond acceptors (Lipinski definition) is 13. The van der Waals surface area contributed by atoms with Gasteiger partial charge in [0.1, 0.15) is 43.2 Å². The van der Waals surface area contributed by atoms with Crippen LogP contribution in [0.2, 0.25) is 0 Å². The van der Waals surface area contributed by atoms with Crippen LogP contribution in [-0.4, -0.2) is 122 Å². The minimum atomic E-state index is -1.07. The number of anilines is 1. The molecule has 1 aliphatic rings. The molecule has 0 bridgehead atoms. The van der Waals surface area contributed by atoms with E-state index in [1.807, 2.05) is 12.1 Å². The van der Waals surface area contributed by atoms with E-state index in [0.717, 1.165) is 5.56 Å². The number of benzene rings is 3. The molecule has 1 fully saturated rings. The molecule has 21 heteroatoms. The van der Waals surface area contributed by atoms with Gasteiger partial charge in [-0.25, -0.2) is 9.59 Å². The van der Waals surface area contributed by atoms with Crippen molar-refractivity contribution in [3.05, 3.63) is 95.6 Å². The van der Waals surface area contributed by atoms with Gasteiger partial charge in [-0.05, 0) is 89.6 Å². The van der Waals surface area contributed by atoms with Crippen molar-refractivity contribution in [3.63, 3.8) is 0 Å². The van der Waals surface area contributed by atoms with Crippen molar-refractivity contribution in [2.24, 2.45) is 0 Å². The molecule has 8 amide bonds. The Morgan fingerprint density at radius 2 is 1.35 bits per heavy atom. The fourth-order valence-corrected chi connectivity index (χ4v) is 6.72. The van der Waals surface area contributed by atoms with E-state index < -0.39 is 90.9 Å². The van der Waals surface area contributed by atoms with Crippen LogP contribution in [0.4, 0.5) is 15.3 Å². The Labute approximate surface area is 400 Å². The lowest BCUT2D eigenvalue weighted by molar-refractivity contribution is -0.143. The molecule has 1 saturated heterocycles. The van der Waals surface area contributed by atoms with Crippen molar-refractivity contribution in [1.29, 1.82) is 0 Å². The van der Waals surface area contributed by atoms with Gasteiger partial charge in [-0.3, -0.25) is 33.6 Å². The van der Waals surface area contributed by atoms with E-state index >= 15 is 0 Å². The average molecular weight is 959 g/mol. The third-order valence-electron chi connectivity index (χ3n) is 10.0. The van der Waals surface area contributed by atoms with Crippen molar-refractivity contribution >= 4 is 59.3 Å². The molecule has 3 aromatic carbocycles. The standard InChI is InChI=1S/C48H62N8O13/c1-5-66-42(60)29-52-40(58)27-50-39(57)26-51-41(59)28-53-43(61)36-25-34(22-21-33(36)31-67-35-17-10-7-11-18-35)54-44(62)38-20-14-24-56(38)45(63)37(19-12-13-23-49-46(64)69-48(2,3)4)55-47(65)68-30-32-15-8-6-9-16-32/h6-11,15-18,21-22,25,37-38H,5,12-14,19-20,23-24,26-31H2,1-4H3,(H,49,64)(H,50,57)(H,51,59)(H,52,58)(H,53,61)(H,54,62)(H,55,65)/t37-,38-/m0/s1. The molecule has 2 atom stereocenters. The number of carbonyl (C=O) groups excluding carboxylic acids is 9. The fourth-order valence-electron chi connectivity index (χ4n) is 6.72. The molecule has 372 valence electrons. The summed E-state index contributed by atoms with van der Waals surface area (Å²) in [5, 5.41) is 17.6. The molecule has 0 unspecified atom stereocenters. The molecule has 69 heavy (non-hydrogen) atoms. The minimum absolute atomic E-state index is 0.0314. The zero-order valence-corrected chi connectivity index (χ0v) is 39.3. The predicted octanol–water partition coefficient (Wildman–Crippen LogP) is 2.83.